The Labute approximate surface area is 196 Å². The number of rotatable bonds is 7. The lowest BCUT2D eigenvalue weighted by Crippen LogP contribution is -2.38. The number of benzene rings is 3. The number of carboxylic acids is 1. The second-order valence-electron chi connectivity index (χ2n) is 7.90. The summed E-state index contributed by atoms with van der Waals surface area (Å²) < 4.78 is 10.8. The lowest BCUT2D eigenvalue weighted by Gasteiger charge is -2.16. The van der Waals surface area contributed by atoms with E-state index >= 15 is 0 Å². The lowest BCUT2D eigenvalue weighted by atomic mass is 9.98. The minimum atomic E-state index is -1.15. The number of anilines is 1. The van der Waals surface area contributed by atoms with Crippen LogP contribution in [0.2, 0.25) is 0 Å². The van der Waals surface area contributed by atoms with Crippen molar-refractivity contribution in [3.05, 3.63) is 83.4 Å². The Hall–Kier alpha value is -4.33. The second-order valence-corrected chi connectivity index (χ2v) is 7.90. The smallest absolute Gasteiger partial charge is 0.411 e. The summed E-state index contributed by atoms with van der Waals surface area (Å²) in [4.78, 5) is 35.9. The maximum atomic E-state index is 12.5. The molecule has 4 rings (SSSR count). The van der Waals surface area contributed by atoms with Gasteiger partial charge in [0.1, 0.15) is 18.4 Å². The first kappa shape index (κ1) is 22.8. The van der Waals surface area contributed by atoms with Crippen molar-refractivity contribution in [1.29, 1.82) is 0 Å². The molecule has 0 saturated heterocycles. The van der Waals surface area contributed by atoms with Crippen LogP contribution in [-0.2, 0) is 9.53 Å². The van der Waals surface area contributed by atoms with E-state index in [1.165, 1.54) is 32.2 Å². The predicted molar refractivity (Wildman–Crippen MR) is 126 cm³/mol. The molecule has 0 radical (unpaired) electrons. The van der Waals surface area contributed by atoms with Crippen LogP contribution in [0, 0.1) is 0 Å². The minimum absolute atomic E-state index is 0.0602. The molecule has 0 unspecified atom stereocenters. The summed E-state index contributed by atoms with van der Waals surface area (Å²) in [6.45, 7) is 1.53. The highest BCUT2D eigenvalue weighted by Gasteiger charge is 2.29. The Morgan fingerprint density at radius 3 is 2.18 bits per heavy atom. The number of carbonyl (C=O) groups is 3. The molecule has 8 heteroatoms. The maximum absolute atomic E-state index is 12.5. The fourth-order valence-electron chi connectivity index (χ4n) is 4.05. The van der Waals surface area contributed by atoms with Crippen LogP contribution < -0.4 is 15.4 Å². The van der Waals surface area contributed by atoms with E-state index in [1.807, 2.05) is 36.4 Å². The molecule has 3 N–H and O–H groups in total. The van der Waals surface area contributed by atoms with E-state index in [1.54, 1.807) is 0 Å². The fraction of sp³-hybridized carbons (Fsp3) is 0.192. The average Bonchev–Trinajstić information content (AvgIpc) is 3.16. The van der Waals surface area contributed by atoms with Gasteiger partial charge in [0.15, 0.2) is 0 Å². The van der Waals surface area contributed by atoms with Crippen LogP contribution in [0.25, 0.3) is 11.1 Å². The zero-order chi connectivity index (χ0) is 24.2. The van der Waals surface area contributed by atoms with Gasteiger partial charge in [-0.25, -0.2) is 4.79 Å². The molecule has 0 aliphatic heterocycles. The molecule has 0 aromatic heterocycles. The summed E-state index contributed by atoms with van der Waals surface area (Å²) in [6.07, 6.45) is -0.638. The van der Waals surface area contributed by atoms with Crippen molar-refractivity contribution in [1.82, 2.24) is 5.32 Å². The lowest BCUT2D eigenvalue weighted by molar-refractivity contribution is -0.138. The van der Waals surface area contributed by atoms with Gasteiger partial charge in [0.2, 0.25) is 0 Å². The van der Waals surface area contributed by atoms with E-state index in [4.69, 9.17) is 14.6 Å². The number of methoxy groups -OCH3 is 1. The van der Waals surface area contributed by atoms with Crippen LogP contribution >= 0.6 is 0 Å². The highest BCUT2D eigenvalue weighted by molar-refractivity contribution is 5.99. The number of aliphatic carboxylic acids is 1. The molecule has 1 aliphatic carbocycles. The summed E-state index contributed by atoms with van der Waals surface area (Å²) in [6, 6.07) is 19.5. The SMILES string of the molecule is COc1cc(NC(=O)OCC2c3ccccc3-c3ccccc32)ccc1C(=O)N[C@@H](C)C(=O)O. The van der Waals surface area contributed by atoms with Crippen molar-refractivity contribution in [2.24, 2.45) is 0 Å². The zero-order valence-electron chi connectivity index (χ0n) is 18.7. The molecule has 3 aromatic rings. The van der Waals surface area contributed by atoms with Crippen LogP contribution in [-0.4, -0.2) is 42.8 Å². The molecule has 8 nitrogen and oxygen atoms in total. The third-order valence-electron chi connectivity index (χ3n) is 5.75. The number of nitrogens with one attached hydrogen (secondary N) is 2. The molecule has 0 heterocycles. The first-order valence-corrected chi connectivity index (χ1v) is 10.7. The first-order valence-electron chi connectivity index (χ1n) is 10.7. The molecule has 0 fully saturated rings. The van der Waals surface area contributed by atoms with Gasteiger partial charge in [0, 0.05) is 17.7 Å². The molecule has 0 bridgehead atoms. The highest BCUT2D eigenvalue weighted by atomic mass is 16.5. The molecule has 0 saturated carbocycles. The third-order valence-corrected chi connectivity index (χ3v) is 5.75. The molecule has 0 spiro atoms. The Morgan fingerprint density at radius 2 is 1.59 bits per heavy atom. The van der Waals surface area contributed by atoms with Gasteiger partial charge in [-0.3, -0.25) is 14.9 Å². The normalized spacial score (nSPS) is 12.8. The molecule has 174 valence electrons. The largest absolute Gasteiger partial charge is 0.496 e. The van der Waals surface area contributed by atoms with Gasteiger partial charge in [-0.15, -0.1) is 0 Å². The van der Waals surface area contributed by atoms with E-state index in [-0.39, 0.29) is 23.8 Å². The number of ether oxygens (including phenoxy) is 2. The first-order chi connectivity index (χ1) is 16.4. The Balaban J connectivity index is 1.43. The van der Waals surface area contributed by atoms with Gasteiger partial charge in [0.25, 0.3) is 5.91 Å². The maximum Gasteiger partial charge on any atom is 0.411 e. The van der Waals surface area contributed by atoms with Crippen molar-refractivity contribution in [2.45, 2.75) is 18.9 Å². The van der Waals surface area contributed by atoms with Gasteiger partial charge in [-0.05, 0) is 41.3 Å². The highest BCUT2D eigenvalue weighted by Crippen LogP contribution is 2.44. The van der Waals surface area contributed by atoms with Gasteiger partial charge in [-0.1, -0.05) is 48.5 Å². The zero-order valence-corrected chi connectivity index (χ0v) is 18.7. The van der Waals surface area contributed by atoms with Crippen LogP contribution in [0.3, 0.4) is 0 Å². The van der Waals surface area contributed by atoms with Gasteiger partial charge < -0.3 is 19.9 Å². The van der Waals surface area contributed by atoms with Crippen LogP contribution in [0.4, 0.5) is 10.5 Å². The van der Waals surface area contributed by atoms with Gasteiger partial charge in [0.05, 0.1) is 12.7 Å². The van der Waals surface area contributed by atoms with Crippen LogP contribution in [0.5, 0.6) is 5.75 Å². The Kier molecular flexibility index (Phi) is 6.49. The molecular formula is C26H24N2O6. The summed E-state index contributed by atoms with van der Waals surface area (Å²) >= 11 is 0. The number of carbonyl (C=O) groups excluding carboxylic acids is 2. The van der Waals surface area contributed by atoms with Crippen molar-refractivity contribution >= 4 is 23.7 Å². The second kappa shape index (κ2) is 9.66. The van der Waals surface area contributed by atoms with Crippen LogP contribution in [0.1, 0.15) is 34.3 Å². The van der Waals surface area contributed by atoms with E-state index in [2.05, 4.69) is 22.8 Å². The minimum Gasteiger partial charge on any atom is -0.496 e. The number of amides is 2. The molecule has 2 amide bonds. The van der Waals surface area contributed by atoms with Crippen molar-refractivity contribution in [2.75, 3.05) is 19.0 Å². The predicted octanol–water partition coefficient (Wildman–Crippen LogP) is 4.26. The van der Waals surface area contributed by atoms with Gasteiger partial charge in [-0.2, -0.15) is 0 Å². The molecular weight excluding hydrogens is 436 g/mol. The summed E-state index contributed by atoms with van der Waals surface area (Å²) in [5, 5.41) is 14.0. The Bertz CT molecular complexity index is 1210. The number of hydrogen-bond donors (Lipinski definition) is 3. The standard InChI is InChI=1S/C26H24N2O6/c1-15(25(30)31)27-24(29)21-12-11-16(13-23(21)33-2)28-26(32)34-14-22-19-9-5-3-7-17(19)18-8-4-6-10-20(18)22/h3-13,15,22H,14H2,1-2H3,(H,27,29)(H,28,32)(H,30,31)/t15-/m0/s1. The molecule has 1 aliphatic rings. The summed E-state index contributed by atoms with van der Waals surface area (Å²) in [7, 11) is 1.38. The van der Waals surface area contributed by atoms with Crippen molar-refractivity contribution in [3.63, 3.8) is 0 Å². The Morgan fingerprint density at radius 1 is 0.971 bits per heavy atom. The van der Waals surface area contributed by atoms with E-state index < -0.39 is 24.0 Å². The topological polar surface area (TPSA) is 114 Å². The molecule has 3 aromatic carbocycles. The van der Waals surface area contributed by atoms with E-state index in [0.717, 1.165) is 22.3 Å². The summed E-state index contributed by atoms with van der Waals surface area (Å²) in [5.41, 5.74) is 5.03. The molecule has 1 atom stereocenters. The number of carboxylic acid groups (broad SMARTS) is 1. The van der Waals surface area contributed by atoms with Crippen LogP contribution in [0.15, 0.2) is 66.7 Å². The average molecular weight is 460 g/mol. The molecule has 34 heavy (non-hydrogen) atoms. The number of fused-ring (bicyclic) bond motifs is 3. The van der Waals surface area contributed by atoms with Gasteiger partial charge >= 0.3 is 12.1 Å². The van der Waals surface area contributed by atoms with Crippen molar-refractivity contribution < 1.29 is 29.0 Å². The van der Waals surface area contributed by atoms with E-state index in [9.17, 15) is 14.4 Å². The third kappa shape index (κ3) is 4.56. The number of hydrogen-bond acceptors (Lipinski definition) is 5. The monoisotopic (exact) mass is 460 g/mol. The van der Waals surface area contributed by atoms with E-state index in [0.29, 0.717) is 5.69 Å². The quantitative estimate of drug-likeness (QED) is 0.486. The summed E-state index contributed by atoms with van der Waals surface area (Å²) in [5.74, 6) is -1.62. The van der Waals surface area contributed by atoms with Crippen molar-refractivity contribution in [3.8, 4) is 16.9 Å². The fourth-order valence-corrected chi connectivity index (χ4v) is 4.05.